The minimum absolute atomic E-state index is 0.0900. The first-order valence-electron chi connectivity index (χ1n) is 6.68. The molecule has 0 aromatic rings. The van der Waals surface area contributed by atoms with Crippen LogP contribution in [-0.4, -0.2) is 41.8 Å². The Morgan fingerprint density at radius 2 is 2.12 bits per heavy atom. The van der Waals surface area contributed by atoms with Crippen molar-refractivity contribution in [3.05, 3.63) is 0 Å². The highest BCUT2D eigenvalue weighted by Crippen LogP contribution is 2.28. The zero-order chi connectivity index (χ0) is 12.1. The van der Waals surface area contributed by atoms with Gasteiger partial charge in [0.1, 0.15) is 0 Å². The van der Waals surface area contributed by atoms with Crippen LogP contribution < -0.4 is 5.73 Å². The second-order valence-electron chi connectivity index (χ2n) is 5.41. The van der Waals surface area contributed by atoms with Gasteiger partial charge in [0.2, 0.25) is 0 Å². The van der Waals surface area contributed by atoms with Crippen molar-refractivity contribution < 1.29 is 5.11 Å². The molecular formula is C13H28N2O. The molecule has 4 atom stereocenters. The Bertz CT molecular complexity index is 198. The normalized spacial score (nSPS) is 30.4. The van der Waals surface area contributed by atoms with Gasteiger partial charge in [-0.3, -0.25) is 4.90 Å². The van der Waals surface area contributed by atoms with Crippen LogP contribution in [0.1, 0.15) is 46.0 Å². The van der Waals surface area contributed by atoms with Crippen LogP contribution in [0, 0.1) is 5.92 Å². The Labute approximate surface area is 100 Å². The van der Waals surface area contributed by atoms with Gasteiger partial charge in [0.15, 0.2) is 0 Å². The molecule has 0 radical (unpaired) electrons. The maximum absolute atomic E-state index is 9.47. The molecule has 16 heavy (non-hydrogen) atoms. The van der Waals surface area contributed by atoms with Crippen molar-refractivity contribution in [2.75, 3.05) is 13.7 Å². The molecule has 0 saturated heterocycles. The summed E-state index contributed by atoms with van der Waals surface area (Å²) < 4.78 is 0. The molecule has 0 aromatic carbocycles. The van der Waals surface area contributed by atoms with E-state index in [-0.39, 0.29) is 18.7 Å². The first kappa shape index (κ1) is 13.9. The summed E-state index contributed by atoms with van der Waals surface area (Å²) in [5.74, 6) is 0.818. The van der Waals surface area contributed by atoms with Gasteiger partial charge in [0, 0.05) is 18.1 Å². The fourth-order valence-corrected chi connectivity index (χ4v) is 2.88. The molecule has 3 N–H and O–H groups in total. The third-order valence-corrected chi connectivity index (χ3v) is 4.16. The summed E-state index contributed by atoms with van der Waals surface area (Å²) in [5, 5.41) is 9.47. The largest absolute Gasteiger partial charge is 0.395 e. The highest BCUT2D eigenvalue weighted by Gasteiger charge is 2.29. The Balaban J connectivity index is 2.55. The molecule has 1 aliphatic carbocycles. The number of aliphatic hydroxyl groups is 1. The number of likely N-dealkylation sites (N-methyl/N-ethyl adjacent to an activating group) is 1. The van der Waals surface area contributed by atoms with Gasteiger partial charge < -0.3 is 10.8 Å². The fourth-order valence-electron chi connectivity index (χ4n) is 2.88. The van der Waals surface area contributed by atoms with E-state index in [0.717, 1.165) is 12.3 Å². The van der Waals surface area contributed by atoms with E-state index in [0.29, 0.717) is 6.04 Å². The lowest BCUT2D eigenvalue weighted by molar-refractivity contribution is 0.0636. The van der Waals surface area contributed by atoms with Gasteiger partial charge in [-0.05, 0) is 32.2 Å². The van der Waals surface area contributed by atoms with Gasteiger partial charge in [0.25, 0.3) is 0 Å². The predicted octanol–water partition coefficient (Wildman–Crippen LogP) is 1.60. The fraction of sp³-hybridized carbons (Fsp3) is 1.00. The molecule has 0 amide bonds. The molecule has 3 heteroatoms. The van der Waals surface area contributed by atoms with Crippen LogP contribution >= 0.6 is 0 Å². The summed E-state index contributed by atoms with van der Waals surface area (Å²) in [6.07, 6.45) is 6.11. The predicted molar refractivity (Wildman–Crippen MR) is 68.3 cm³/mol. The van der Waals surface area contributed by atoms with E-state index in [9.17, 15) is 5.11 Å². The van der Waals surface area contributed by atoms with E-state index in [4.69, 9.17) is 5.73 Å². The molecule has 0 aliphatic heterocycles. The molecule has 0 aromatic heterocycles. The van der Waals surface area contributed by atoms with E-state index in [1.165, 1.54) is 25.7 Å². The van der Waals surface area contributed by atoms with Crippen LogP contribution in [0.4, 0.5) is 0 Å². The Hall–Kier alpha value is -0.120. The molecule has 0 bridgehead atoms. The lowest BCUT2D eigenvalue weighted by Gasteiger charge is -2.40. The Morgan fingerprint density at radius 1 is 1.44 bits per heavy atom. The summed E-state index contributed by atoms with van der Waals surface area (Å²) in [4.78, 5) is 2.32. The van der Waals surface area contributed by atoms with Crippen LogP contribution in [0.3, 0.4) is 0 Å². The highest BCUT2D eigenvalue weighted by molar-refractivity contribution is 4.86. The van der Waals surface area contributed by atoms with Crippen molar-refractivity contribution in [2.24, 2.45) is 11.7 Å². The number of hydrogen-bond acceptors (Lipinski definition) is 3. The summed E-state index contributed by atoms with van der Waals surface area (Å²) >= 11 is 0. The van der Waals surface area contributed by atoms with Crippen molar-refractivity contribution in [2.45, 2.75) is 64.1 Å². The lowest BCUT2D eigenvalue weighted by Crippen LogP contribution is -2.52. The Morgan fingerprint density at radius 3 is 2.62 bits per heavy atom. The lowest BCUT2D eigenvalue weighted by atomic mass is 9.85. The van der Waals surface area contributed by atoms with Gasteiger partial charge in [-0.2, -0.15) is 0 Å². The molecular weight excluding hydrogens is 200 g/mol. The standard InChI is InChI=1S/C13H28N2O/c1-4-12(14)13(9-16)15(3)11-7-5-6-10(2)8-11/h10-13,16H,4-9,14H2,1-3H3. The summed E-state index contributed by atoms with van der Waals surface area (Å²) in [5.41, 5.74) is 6.07. The SMILES string of the molecule is CCC(N)C(CO)N(C)C1CCCC(C)C1. The summed E-state index contributed by atoms with van der Waals surface area (Å²) in [7, 11) is 2.12. The number of aliphatic hydroxyl groups excluding tert-OH is 1. The number of rotatable bonds is 5. The van der Waals surface area contributed by atoms with E-state index in [2.05, 4.69) is 25.8 Å². The average molecular weight is 228 g/mol. The first-order chi connectivity index (χ1) is 7.60. The van der Waals surface area contributed by atoms with Crippen LogP contribution in [-0.2, 0) is 0 Å². The van der Waals surface area contributed by atoms with Crippen molar-refractivity contribution in [3.8, 4) is 0 Å². The molecule has 0 spiro atoms. The van der Waals surface area contributed by atoms with E-state index in [1.807, 2.05) is 0 Å². The van der Waals surface area contributed by atoms with Crippen molar-refractivity contribution in [1.82, 2.24) is 4.90 Å². The van der Waals surface area contributed by atoms with E-state index >= 15 is 0 Å². The van der Waals surface area contributed by atoms with Crippen molar-refractivity contribution in [3.63, 3.8) is 0 Å². The van der Waals surface area contributed by atoms with Crippen LogP contribution in [0.15, 0.2) is 0 Å². The van der Waals surface area contributed by atoms with Gasteiger partial charge in [-0.25, -0.2) is 0 Å². The van der Waals surface area contributed by atoms with Gasteiger partial charge in [-0.1, -0.05) is 26.7 Å². The maximum Gasteiger partial charge on any atom is 0.0601 e. The third kappa shape index (κ3) is 3.44. The zero-order valence-electron chi connectivity index (χ0n) is 11.0. The quantitative estimate of drug-likeness (QED) is 0.751. The van der Waals surface area contributed by atoms with E-state index < -0.39 is 0 Å². The van der Waals surface area contributed by atoms with Crippen molar-refractivity contribution >= 4 is 0 Å². The number of nitrogens with two attached hydrogens (primary N) is 1. The first-order valence-corrected chi connectivity index (χ1v) is 6.68. The zero-order valence-corrected chi connectivity index (χ0v) is 11.0. The van der Waals surface area contributed by atoms with Crippen molar-refractivity contribution in [1.29, 1.82) is 0 Å². The maximum atomic E-state index is 9.47. The molecule has 1 saturated carbocycles. The van der Waals surface area contributed by atoms with E-state index in [1.54, 1.807) is 0 Å². The summed E-state index contributed by atoms with van der Waals surface area (Å²) in [6.45, 7) is 4.59. The molecule has 0 heterocycles. The molecule has 1 aliphatic rings. The Kier molecular flexibility index (Phi) is 5.73. The molecule has 96 valence electrons. The minimum atomic E-state index is 0.0900. The monoisotopic (exact) mass is 228 g/mol. The summed E-state index contributed by atoms with van der Waals surface area (Å²) in [6, 6.07) is 0.825. The number of hydrogen-bond donors (Lipinski definition) is 2. The van der Waals surface area contributed by atoms with Gasteiger partial charge in [0.05, 0.1) is 6.61 Å². The van der Waals surface area contributed by atoms with Gasteiger partial charge >= 0.3 is 0 Å². The molecule has 4 unspecified atom stereocenters. The minimum Gasteiger partial charge on any atom is -0.395 e. The number of nitrogens with zero attached hydrogens (tertiary/aromatic N) is 1. The molecule has 1 fully saturated rings. The smallest absolute Gasteiger partial charge is 0.0601 e. The second-order valence-corrected chi connectivity index (χ2v) is 5.41. The average Bonchev–Trinajstić information content (AvgIpc) is 2.29. The molecule has 3 nitrogen and oxygen atoms in total. The topological polar surface area (TPSA) is 49.5 Å². The van der Waals surface area contributed by atoms with Crippen LogP contribution in [0.2, 0.25) is 0 Å². The van der Waals surface area contributed by atoms with Gasteiger partial charge in [-0.15, -0.1) is 0 Å². The second kappa shape index (κ2) is 6.58. The van der Waals surface area contributed by atoms with Crippen LogP contribution in [0.25, 0.3) is 0 Å². The highest BCUT2D eigenvalue weighted by atomic mass is 16.3. The van der Waals surface area contributed by atoms with Crippen LogP contribution in [0.5, 0.6) is 0 Å². The molecule has 1 rings (SSSR count). The third-order valence-electron chi connectivity index (χ3n) is 4.16.